The molecule has 0 aromatic carbocycles. The number of amides is 1. The lowest BCUT2D eigenvalue weighted by Gasteiger charge is -2.34. The van der Waals surface area contributed by atoms with E-state index in [1.54, 1.807) is 0 Å². The van der Waals surface area contributed by atoms with Crippen molar-refractivity contribution in [2.45, 2.75) is 44.3 Å². The van der Waals surface area contributed by atoms with Crippen molar-refractivity contribution in [1.29, 1.82) is 0 Å². The number of rotatable bonds is 3. The van der Waals surface area contributed by atoms with Crippen LogP contribution in [0.15, 0.2) is 18.3 Å². The molecule has 126 valence electrons. The van der Waals surface area contributed by atoms with Crippen LogP contribution in [0.1, 0.15) is 37.7 Å². The van der Waals surface area contributed by atoms with Crippen molar-refractivity contribution in [1.82, 2.24) is 10.3 Å². The molecule has 1 aliphatic heterocycles. The van der Waals surface area contributed by atoms with Gasteiger partial charge in [0.1, 0.15) is 5.82 Å². The predicted octanol–water partition coefficient (Wildman–Crippen LogP) is 2.99. The number of carbonyl (C=O) groups excluding carboxylic acids is 1. The number of piperidine rings is 1. The fraction of sp³-hybridized carbons (Fsp3) is 0.625. The second kappa shape index (κ2) is 6.37. The first-order valence-electron chi connectivity index (χ1n) is 8.02. The van der Waals surface area contributed by atoms with E-state index in [9.17, 15) is 18.0 Å². The van der Waals surface area contributed by atoms with Crippen LogP contribution in [-0.4, -0.2) is 30.0 Å². The van der Waals surface area contributed by atoms with Gasteiger partial charge in [-0.1, -0.05) is 0 Å². The summed E-state index contributed by atoms with van der Waals surface area (Å²) in [4.78, 5) is 18.0. The highest BCUT2D eigenvalue weighted by Crippen LogP contribution is 2.31. The van der Waals surface area contributed by atoms with Crippen molar-refractivity contribution >= 4 is 11.7 Å². The van der Waals surface area contributed by atoms with Crippen LogP contribution in [0.25, 0.3) is 0 Å². The molecule has 1 aromatic rings. The number of alkyl halides is 3. The lowest BCUT2D eigenvalue weighted by atomic mass is 9.90. The standard InChI is InChI=1S/C16H20F3N3O/c17-16(18,19)12-4-7-20-14(10-12)22-8-5-11(6-9-22)15(23)21-13-2-1-3-13/h4,7,10-11,13H,1-3,5-6,8-9H2,(H,21,23). The molecule has 4 nitrogen and oxygen atoms in total. The van der Waals surface area contributed by atoms with Gasteiger partial charge in [-0.3, -0.25) is 4.79 Å². The number of nitrogens with one attached hydrogen (secondary N) is 1. The second-order valence-electron chi connectivity index (χ2n) is 6.30. The Bertz CT molecular complexity index is 564. The molecule has 0 unspecified atom stereocenters. The average molecular weight is 327 g/mol. The fourth-order valence-corrected chi connectivity index (χ4v) is 3.01. The molecule has 1 saturated heterocycles. The molecule has 1 amide bonds. The smallest absolute Gasteiger partial charge is 0.357 e. The Balaban J connectivity index is 1.57. The number of anilines is 1. The monoisotopic (exact) mass is 327 g/mol. The van der Waals surface area contributed by atoms with E-state index in [-0.39, 0.29) is 11.8 Å². The normalized spacial score (nSPS) is 20.2. The Morgan fingerprint density at radius 1 is 1.22 bits per heavy atom. The molecule has 0 bridgehead atoms. The SMILES string of the molecule is O=C(NC1CCC1)C1CCN(c2cc(C(F)(F)F)ccn2)CC1. The van der Waals surface area contributed by atoms with Crippen LogP contribution >= 0.6 is 0 Å². The van der Waals surface area contributed by atoms with E-state index in [1.165, 1.54) is 12.6 Å². The molecule has 1 N–H and O–H groups in total. The quantitative estimate of drug-likeness (QED) is 0.928. The Labute approximate surface area is 133 Å². The van der Waals surface area contributed by atoms with Gasteiger partial charge in [-0.15, -0.1) is 0 Å². The highest BCUT2D eigenvalue weighted by atomic mass is 19.4. The summed E-state index contributed by atoms with van der Waals surface area (Å²) in [5, 5.41) is 3.05. The Morgan fingerprint density at radius 2 is 1.91 bits per heavy atom. The molecule has 1 aromatic heterocycles. The summed E-state index contributed by atoms with van der Waals surface area (Å²) >= 11 is 0. The van der Waals surface area contributed by atoms with Gasteiger partial charge in [0.2, 0.25) is 5.91 Å². The van der Waals surface area contributed by atoms with Crippen molar-refractivity contribution in [3.8, 4) is 0 Å². The molecule has 23 heavy (non-hydrogen) atoms. The largest absolute Gasteiger partial charge is 0.416 e. The molecule has 1 aliphatic carbocycles. The first-order chi connectivity index (χ1) is 10.9. The molecule has 2 heterocycles. The fourth-order valence-electron chi connectivity index (χ4n) is 3.01. The van der Waals surface area contributed by atoms with Gasteiger partial charge in [0, 0.05) is 31.2 Å². The van der Waals surface area contributed by atoms with Crippen LogP contribution in [0.3, 0.4) is 0 Å². The number of aromatic nitrogens is 1. The molecular formula is C16H20F3N3O. The third-order valence-corrected chi connectivity index (χ3v) is 4.71. The molecule has 0 atom stereocenters. The molecule has 2 fully saturated rings. The maximum absolute atomic E-state index is 12.8. The average Bonchev–Trinajstić information content (AvgIpc) is 2.50. The van der Waals surface area contributed by atoms with Crippen molar-refractivity contribution in [3.63, 3.8) is 0 Å². The maximum atomic E-state index is 12.8. The van der Waals surface area contributed by atoms with Crippen LogP contribution < -0.4 is 10.2 Å². The summed E-state index contributed by atoms with van der Waals surface area (Å²) in [6, 6.07) is 2.38. The molecular weight excluding hydrogens is 307 g/mol. The van der Waals surface area contributed by atoms with Gasteiger partial charge in [0.25, 0.3) is 0 Å². The number of nitrogens with zero attached hydrogens (tertiary/aromatic N) is 2. The summed E-state index contributed by atoms with van der Waals surface area (Å²) in [6.07, 6.45) is 1.40. The van der Waals surface area contributed by atoms with Gasteiger partial charge in [0.15, 0.2) is 0 Å². The zero-order valence-corrected chi connectivity index (χ0v) is 12.8. The van der Waals surface area contributed by atoms with Crippen molar-refractivity contribution < 1.29 is 18.0 Å². The predicted molar refractivity (Wildman–Crippen MR) is 80.0 cm³/mol. The van der Waals surface area contributed by atoms with E-state index in [0.29, 0.717) is 37.8 Å². The number of pyridine rings is 1. The first-order valence-corrected chi connectivity index (χ1v) is 8.02. The Hall–Kier alpha value is -1.79. The third-order valence-electron chi connectivity index (χ3n) is 4.71. The molecule has 1 saturated carbocycles. The van der Waals surface area contributed by atoms with Gasteiger partial charge in [-0.25, -0.2) is 4.98 Å². The van der Waals surface area contributed by atoms with Gasteiger partial charge in [-0.05, 0) is 44.2 Å². The van der Waals surface area contributed by atoms with Crippen molar-refractivity contribution in [2.24, 2.45) is 5.92 Å². The summed E-state index contributed by atoms with van der Waals surface area (Å²) in [7, 11) is 0. The van der Waals surface area contributed by atoms with Crippen LogP contribution in [0, 0.1) is 5.92 Å². The lowest BCUT2D eigenvalue weighted by molar-refractivity contribution is -0.137. The summed E-state index contributed by atoms with van der Waals surface area (Å²) in [5.74, 6) is 0.377. The van der Waals surface area contributed by atoms with Crippen molar-refractivity contribution in [3.05, 3.63) is 23.9 Å². The third kappa shape index (κ3) is 3.76. The number of halogens is 3. The maximum Gasteiger partial charge on any atom is 0.416 e. The molecule has 0 radical (unpaired) electrons. The molecule has 2 aliphatic rings. The minimum atomic E-state index is -4.36. The van der Waals surface area contributed by atoms with Gasteiger partial charge in [-0.2, -0.15) is 13.2 Å². The Morgan fingerprint density at radius 3 is 2.48 bits per heavy atom. The summed E-state index contributed by atoms with van der Waals surface area (Å²) in [6.45, 7) is 1.11. The highest BCUT2D eigenvalue weighted by Gasteiger charge is 2.32. The van der Waals surface area contributed by atoms with Crippen LogP contribution in [0.2, 0.25) is 0 Å². The first kappa shape index (κ1) is 16.1. The molecule has 7 heteroatoms. The van der Waals surface area contributed by atoms with E-state index in [0.717, 1.165) is 25.0 Å². The number of carbonyl (C=O) groups is 1. The van der Waals surface area contributed by atoms with Gasteiger partial charge in [0.05, 0.1) is 5.56 Å². The zero-order valence-electron chi connectivity index (χ0n) is 12.8. The minimum Gasteiger partial charge on any atom is -0.357 e. The topological polar surface area (TPSA) is 45.2 Å². The molecule has 0 spiro atoms. The van der Waals surface area contributed by atoms with E-state index >= 15 is 0 Å². The summed E-state index contributed by atoms with van der Waals surface area (Å²) < 4.78 is 38.3. The van der Waals surface area contributed by atoms with Crippen LogP contribution in [0.5, 0.6) is 0 Å². The van der Waals surface area contributed by atoms with E-state index in [1.807, 2.05) is 4.90 Å². The van der Waals surface area contributed by atoms with Crippen LogP contribution in [0.4, 0.5) is 19.0 Å². The molecule has 3 rings (SSSR count). The summed E-state index contributed by atoms with van der Waals surface area (Å²) in [5.41, 5.74) is -0.688. The second-order valence-corrected chi connectivity index (χ2v) is 6.30. The van der Waals surface area contributed by atoms with E-state index < -0.39 is 11.7 Å². The van der Waals surface area contributed by atoms with Crippen LogP contribution in [-0.2, 0) is 11.0 Å². The van der Waals surface area contributed by atoms with Crippen molar-refractivity contribution in [2.75, 3.05) is 18.0 Å². The van der Waals surface area contributed by atoms with E-state index in [2.05, 4.69) is 10.3 Å². The highest BCUT2D eigenvalue weighted by molar-refractivity contribution is 5.79. The number of hydrogen-bond acceptors (Lipinski definition) is 3. The van der Waals surface area contributed by atoms with Gasteiger partial charge >= 0.3 is 6.18 Å². The van der Waals surface area contributed by atoms with Gasteiger partial charge < -0.3 is 10.2 Å². The minimum absolute atomic E-state index is 0.0438. The van der Waals surface area contributed by atoms with E-state index in [4.69, 9.17) is 0 Å². The zero-order chi connectivity index (χ0) is 16.4. The number of hydrogen-bond donors (Lipinski definition) is 1. The Kier molecular flexibility index (Phi) is 4.46. The lowest BCUT2D eigenvalue weighted by Crippen LogP contribution is -2.46.